The Kier molecular flexibility index (Phi) is 6.67. The molecule has 0 bridgehead atoms. The van der Waals surface area contributed by atoms with E-state index in [4.69, 9.17) is 14.3 Å². The fourth-order valence-electron chi connectivity index (χ4n) is 4.28. The van der Waals surface area contributed by atoms with Crippen LogP contribution in [-0.4, -0.2) is 47.7 Å². The normalized spacial score (nSPS) is 13.0. The molecule has 2 N–H and O–H groups in total. The van der Waals surface area contributed by atoms with Crippen LogP contribution in [0.3, 0.4) is 0 Å². The summed E-state index contributed by atoms with van der Waals surface area (Å²) < 4.78 is 10.8. The van der Waals surface area contributed by atoms with Crippen LogP contribution in [0.2, 0.25) is 0 Å². The van der Waals surface area contributed by atoms with E-state index in [-0.39, 0.29) is 30.7 Å². The topological polar surface area (TPSA) is 109 Å². The minimum atomic E-state index is -1.18. The summed E-state index contributed by atoms with van der Waals surface area (Å²) in [5.41, 5.74) is 4.50. The van der Waals surface area contributed by atoms with Gasteiger partial charge in [-0.2, -0.15) is 0 Å². The summed E-state index contributed by atoms with van der Waals surface area (Å²) in [5, 5.41) is 11.6. The number of benzene rings is 2. The summed E-state index contributed by atoms with van der Waals surface area (Å²) >= 11 is 0. The number of carboxylic acid groups (broad SMARTS) is 1. The number of alkyl carbamates (subject to hydrolysis) is 1. The van der Waals surface area contributed by atoms with Crippen molar-refractivity contribution in [1.82, 2.24) is 10.2 Å². The number of nitrogens with one attached hydrogen (secondary N) is 1. The standard InChI is InChI=1S/C26H26N2O6/c1-3-22(24(29)28(2)14-16-12-13-23(34-16)25(30)31)27-26(32)33-15-21-19-10-6-4-8-17(19)18-9-5-7-11-20(18)21/h4-13,21-22H,3,14-15H2,1-2H3,(H,27,32)(H,30,31)/t22-/m1/s1. The third-order valence-corrected chi connectivity index (χ3v) is 5.98. The molecule has 0 unspecified atom stereocenters. The number of fused-ring (bicyclic) bond motifs is 3. The molecular weight excluding hydrogens is 436 g/mol. The highest BCUT2D eigenvalue weighted by Gasteiger charge is 2.30. The van der Waals surface area contributed by atoms with E-state index in [1.807, 2.05) is 36.4 Å². The molecule has 0 spiro atoms. The van der Waals surface area contributed by atoms with Crippen molar-refractivity contribution >= 4 is 18.0 Å². The van der Waals surface area contributed by atoms with E-state index in [0.717, 1.165) is 22.3 Å². The molecule has 3 aromatic rings. The van der Waals surface area contributed by atoms with Gasteiger partial charge in [-0.1, -0.05) is 55.5 Å². The van der Waals surface area contributed by atoms with Crippen LogP contribution in [0.25, 0.3) is 11.1 Å². The van der Waals surface area contributed by atoms with Gasteiger partial charge in [0.25, 0.3) is 0 Å². The number of nitrogens with zero attached hydrogens (tertiary/aromatic N) is 1. The lowest BCUT2D eigenvalue weighted by molar-refractivity contribution is -0.132. The van der Waals surface area contributed by atoms with E-state index >= 15 is 0 Å². The number of carbonyl (C=O) groups is 3. The number of rotatable bonds is 8. The minimum Gasteiger partial charge on any atom is -0.475 e. The van der Waals surface area contributed by atoms with Crippen molar-refractivity contribution in [2.24, 2.45) is 0 Å². The first-order valence-electron chi connectivity index (χ1n) is 11.1. The van der Waals surface area contributed by atoms with Crippen molar-refractivity contribution in [1.29, 1.82) is 0 Å². The second-order valence-electron chi connectivity index (χ2n) is 8.20. The first-order chi connectivity index (χ1) is 16.4. The zero-order valence-corrected chi connectivity index (χ0v) is 19.0. The van der Waals surface area contributed by atoms with Crippen LogP contribution in [-0.2, 0) is 16.1 Å². The number of aromatic carboxylic acids is 1. The van der Waals surface area contributed by atoms with E-state index in [0.29, 0.717) is 12.2 Å². The Balaban J connectivity index is 1.36. The quantitative estimate of drug-likeness (QED) is 0.518. The van der Waals surface area contributed by atoms with E-state index in [1.165, 1.54) is 17.0 Å². The molecule has 8 heteroatoms. The Morgan fingerprint density at radius 2 is 1.65 bits per heavy atom. The molecule has 0 fully saturated rings. The zero-order chi connectivity index (χ0) is 24.2. The van der Waals surface area contributed by atoms with E-state index in [9.17, 15) is 14.4 Å². The first kappa shape index (κ1) is 23.1. The van der Waals surface area contributed by atoms with Crippen molar-refractivity contribution < 1.29 is 28.6 Å². The summed E-state index contributed by atoms with van der Waals surface area (Å²) in [6, 6.07) is 18.2. The highest BCUT2D eigenvalue weighted by Crippen LogP contribution is 2.44. The molecule has 1 aliphatic rings. The van der Waals surface area contributed by atoms with E-state index in [1.54, 1.807) is 14.0 Å². The second-order valence-corrected chi connectivity index (χ2v) is 8.20. The van der Waals surface area contributed by atoms with Gasteiger partial charge in [-0.25, -0.2) is 9.59 Å². The fraction of sp³-hybridized carbons (Fsp3) is 0.269. The van der Waals surface area contributed by atoms with Gasteiger partial charge < -0.3 is 24.5 Å². The van der Waals surface area contributed by atoms with Gasteiger partial charge in [0, 0.05) is 13.0 Å². The molecule has 2 amide bonds. The number of furan rings is 1. The SMILES string of the molecule is CC[C@@H](NC(=O)OCC1c2ccccc2-c2ccccc21)C(=O)N(C)Cc1ccc(C(=O)O)o1. The Morgan fingerprint density at radius 1 is 1.03 bits per heavy atom. The third kappa shape index (κ3) is 4.66. The van der Waals surface area contributed by atoms with Crippen LogP contribution in [0.4, 0.5) is 4.79 Å². The third-order valence-electron chi connectivity index (χ3n) is 5.98. The number of hydrogen-bond acceptors (Lipinski definition) is 5. The maximum atomic E-state index is 12.8. The number of carboxylic acids is 1. The molecule has 0 saturated carbocycles. The summed E-state index contributed by atoms with van der Waals surface area (Å²) in [6.45, 7) is 2.02. The van der Waals surface area contributed by atoms with Crippen molar-refractivity contribution in [2.75, 3.05) is 13.7 Å². The Morgan fingerprint density at radius 3 is 2.21 bits per heavy atom. The largest absolute Gasteiger partial charge is 0.475 e. The molecule has 0 aliphatic heterocycles. The molecule has 0 radical (unpaired) electrons. The van der Waals surface area contributed by atoms with Crippen LogP contribution >= 0.6 is 0 Å². The van der Waals surface area contributed by atoms with Crippen LogP contribution in [0, 0.1) is 0 Å². The summed E-state index contributed by atoms with van der Waals surface area (Å²) in [6.07, 6.45) is -0.298. The van der Waals surface area contributed by atoms with Gasteiger partial charge in [-0.15, -0.1) is 0 Å². The monoisotopic (exact) mass is 462 g/mol. The lowest BCUT2D eigenvalue weighted by atomic mass is 9.98. The molecule has 1 aliphatic carbocycles. The highest BCUT2D eigenvalue weighted by molar-refractivity contribution is 5.86. The predicted molar refractivity (Wildman–Crippen MR) is 124 cm³/mol. The smallest absolute Gasteiger partial charge is 0.407 e. The van der Waals surface area contributed by atoms with Crippen molar-refractivity contribution in [3.05, 3.63) is 83.3 Å². The van der Waals surface area contributed by atoms with Gasteiger partial charge in [0.2, 0.25) is 11.7 Å². The molecule has 1 aromatic heterocycles. The summed E-state index contributed by atoms with van der Waals surface area (Å²) in [4.78, 5) is 37.8. The zero-order valence-electron chi connectivity index (χ0n) is 19.0. The van der Waals surface area contributed by atoms with Crippen LogP contribution in [0.15, 0.2) is 65.1 Å². The Bertz CT molecular complexity index is 1170. The number of hydrogen-bond donors (Lipinski definition) is 2. The number of ether oxygens (including phenoxy) is 1. The number of likely N-dealkylation sites (N-methyl/N-ethyl adjacent to an activating group) is 1. The fourth-order valence-corrected chi connectivity index (χ4v) is 4.28. The van der Waals surface area contributed by atoms with E-state index in [2.05, 4.69) is 17.4 Å². The minimum absolute atomic E-state index is 0.0704. The lowest BCUT2D eigenvalue weighted by Crippen LogP contribution is -2.47. The summed E-state index contributed by atoms with van der Waals surface area (Å²) in [5.74, 6) is -1.43. The van der Waals surface area contributed by atoms with Crippen LogP contribution in [0.1, 0.15) is 46.7 Å². The van der Waals surface area contributed by atoms with Gasteiger partial charge in [-0.05, 0) is 40.8 Å². The molecule has 1 atom stereocenters. The average Bonchev–Trinajstić information content (AvgIpc) is 3.43. The lowest BCUT2D eigenvalue weighted by Gasteiger charge is -2.23. The van der Waals surface area contributed by atoms with Gasteiger partial charge in [-0.3, -0.25) is 4.79 Å². The van der Waals surface area contributed by atoms with Gasteiger partial charge in [0.1, 0.15) is 18.4 Å². The van der Waals surface area contributed by atoms with Gasteiger partial charge in [0.05, 0.1) is 6.54 Å². The Hall–Kier alpha value is -4.07. The molecule has 2 aromatic carbocycles. The highest BCUT2D eigenvalue weighted by atomic mass is 16.5. The molecule has 1 heterocycles. The van der Waals surface area contributed by atoms with Crippen molar-refractivity contribution in [3.63, 3.8) is 0 Å². The average molecular weight is 463 g/mol. The maximum Gasteiger partial charge on any atom is 0.407 e. The predicted octanol–water partition coefficient (Wildman–Crippen LogP) is 4.25. The van der Waals surface area contributed by atoms with Gasteiger partial charge in [0.15, 0.2) is 0 Å². The maximum absolute atomic E-state index is 12.8. The summed E-state index contributed by atoms with van der Waals surface area (Å²) in [7, 11) is 1.56. The molecule has 0 saturated heterocycles. The number of carbonyl (C=O) groups excluding carboxylic acids is 2. The Labute approximate surface area is 197 Å². The van der Waals surface area contributed by atoms with Gasteiger partial charge >= 0.3 is 12.1 Å². The van der Waals surface area contributed by atoms with Crippen LogP contribution in [0.5, 0.6) is 0 Å². The molecule has 4 rings (SSSR count). The molecular formula is C26H26N2O6. The van der Waals surface area contributed by atoms with E-state index < -0.39 is 18.1 Å². The number of amides is 2. The molecule has 8 nitrogen and oxygen atoms in total. The molecule has 176 valence electrons. The second kappa shape index (κ2) is 9.82. The van der Waals surface area contributed by atoms with Crippen molar-refractivity contribution in [2.45, 2.75) is 31.8 Å². The van der Waals surface area contributed by atoms with Crippen LogP contribution < -0.4 is 5.32 Å². The molecule has 34 heavy (non-hydrogen) atoms. The first-order valence-corrected chi connectivity index (χ1v) is 11.1. The van der Waals surface area contributed by atoms with Crippen molar-refractivity contribution in [3.8, 4) is 11.1 Å².